The van der Waals surface area contributed by atoms with Gasteiger partial charge in [-0.3, -0.25) is 9.69 Å². The van der Waals surface area contributed by atoms with Gasteiger partial charge in [0, 0.05) is 36.8 Å². The van der Waals surface area contributed by atoms with Crippen LogP contribution in [-0.4, -0.2) is 43.1 Å². The number of carbonyl (C=O) groups excluding carboxylic acids is 1. The highest BCUT2D eigenvalue weighted by Gasteiger charge is 2.24. The second-order valence-corrected chi connectivity index (χ2v) is 7.79. The number of hydrogen-bond acceptors (Lipinski definition) is 3. The Morgan fingerprint density at radius 2 is 1.73 bits per heavy atom. The Bertz CT molecular complexity index is 987. The third-order valence-electron chi connectivity index (χ3n) is 5.63. The number of benzene rings is 3. The van der Waals surface area contributed by atoms with Crippen LogP contribution in [0.3, 0.4) is 0 Å². The Morgan fingerprint density at radius 3 is 2.57 bits per heavy atom. The summed E-state index contributed by atoms with van der Waals surface area (Å²) in [5.41, 5.74) is 4.04. The molecule has 154 valence electrons. The van der Waals surface area contributed by atoms with E-state index in [1.54, 1.807) is 0 Å². The second kappa shape index (κ2) is 9.59. The first-order valence-corrected chi connectivity index (χ1v) is 10.6. The Hall–Kier alpha value is -3.11. The number of rotatable bonds is 7. The minimum Gasteiger partial charge on any atom is -0.492 e. The molecule has 1 saturated heterocycles. The first kappa shape index (κ1) is 20.2. The summed E-state index contributed by atoms with van der Waals surface area (Å²) < 4.78 is 6.13. The number of likely N-dealkylation sites (tertiary alicyclic amines) is 1. The lowest BCUT2D eigenvalue weighted by molar-refractivity contribution is 0.0937. The van der Waals surface area contributed by atoms with Crippen LogP contribution in [0.4, 0.5) is 0 Å². The van der Waals surface area contributed by atoms with Gasteiger partial charge in [-0.2, -0.15) is 0 Å². The zero-order valence-corrected chi connectivity index (χ0v) is 17.4. The van der Waals surface area contributed by atoms with Crippen molar-refractivity contribution in [1.82, 2.24) is 10.2 Å². The molecule has 1 atom stereocenters. The molecule has 1 unspecified atom stereocenters. The molecule has 1 aliphatic heterocycles. The van der Waals surface area contributed by atoms with Crippen LogP contribution in [0.1, 0.15) is 22.3 Å². The quantitative estimate of drug-likeness (QED) is 0.633. The van der Waals surface area contributed by atoms with Crippen LogP contribution in [0, 0.1) is 6.92 Å². The van der Waals surface area contributed by atoms with E-state index < -0.39 is 0 Å². The molecule has 4 rings (SSSR count). The first-order valence-electron chi connectivity index (χ1n) is 10.6. The molecule has 1 aliphatic rings. The lowest BCUT2D eigenvalue weighted by Gasteiger charge is -2.18. The summed E-state index contributed by atoms with van der Waals surface area (Å²) in [6, 6.07) is 26.4. The van der Waals surface area contributed by atoms with Gasteiger partial charge in [-0.05, 0) is 36.6 Å². The average Bonchev–Trinajstić information content (AvgIpc) is 3.22. The molecule has 1 N–H and O–H groups in total. The van der Waals surface area contributed by atoms with E-state index in [1.807, 2.05) is 67.6 Å². The van der Waals surface area contributed by atoms with E-state index in [0.717, 1.165) is 54.1 Å². The molecule has 0 saturated carbocycles. The van der Waals surface area contributed by atoms with Gasteiger partial charge >= 0.3 is 0 Å². The fraction of sp³-hybridized carbons (Fsp3) is 0.269. The van der Waals surface area contributed by atoms with Crippen molar-refractivity contribution in [1.29, 1.82) is 0 Å². The van der Waals surface area contributed by atoms with Crippen LogP contribution >= 0.6 is 0 Å². The molecule has 0 bridgehead atoms. The van der Waals surface area contributed by atoms with Crippen molar-refractivity contribution >= 4 is 5.91 Å². The fourth-order valence-corrected chi connectivity index (χ4v) is 3.98. The van der Waals surface area contributed by atoms with Crippen molar-refractivity contribution in [2.75, 3.05) is 26.2 Å². The number of nitrogens with zero attached hydrogens (tertiary/aromatic N) is 1. The van der Waals surface area contributed by atoms with Crippen molar-refractivity contribution in [3.05, 3.63) is 90.0 Å². The van der Waals surface area contributed by atoms with Gasteiger partial charge in [0.05, 0.1) is 0 Å². The lowest BCUT2D eigenvalue weighted by Crippen LogP contribution is -2.38. The van der Waals surface area contributed by atoms with E-state index in [2.05, 4.69) is 28.4 Å². The molecule has 4 heteroatoms. The maximum Gasteiger partial charge on any atom is 0.251 e. The maximum absolute atomic E-state index is 12.5. The Balaban J connectivity index is 1.28. The molecule has 0 aromatic heterocycles. The number of nitrogens with one attached hydrogen (secondary N) is 1. The highest BCUT2D eigenvalue weighted by molar-refractivity contribution is 5.95. The number of para-hydroxylation sites is 1. The van der Waals surface area contributed by atoms with Gasteiger partial charge in [0.1, 0.15) is 12.4 Å². The monoisotopic (exact) mass is 400 g/mol. The van der Waals surface area contributed by atoms with Crippen molar-refractivity contribution < 1.29 is 9.53 Å². The Morgan fingerprint density at radius 1 is 1.00 bits per heavy atom. The smallest absolute Gasteiger partial charge is 0.251 e. The van der Waals surface area contributed by atoms with Crippen molar-refractivity contribution in [2.45, 2.75) is 19.4 Å². The molecule has 30 heavy (non-hydrogen) atoms. The SMILES string of the molecule is Cc1ccccc1C(=O)NC1CCN(CCOc2ccccc2-c2ccccc2)C1. The minimum absolute atomic E-state index is 0.0213. The normalized spacial score (nSPS) is 16.4. The second-order valence-electron chi connectivity index (χ2n) is 7.79. The Kier molecular flexibility index (Phi) is 6.45. The van der Waals surface area contributed by atoms with Crippen LogP contribution in [0.25, 0.3) is 11.1 Å². The molecule has 1 amide bonds. The van der Waals surface area contributed by atoms with E-state index in [0.29, 0.717) is 6.61 Å². The molecule has 3 aromatic rings. The van der Waals surface area contributed by atoms with Gasteiger partial charge < -0.3 is 10.1 Å². The molecule has 0 aliphatic carbocycles. The predicted octanol–water partition coefficient (Wildman–Crippen LogP) is 4.55. The van der Waals surface area contributed by atoms with E-state index >= 15 is 0 Å². The summed E-state index contributed by atoms with van der Waals surface area (Å²) in [6.07, 6.45) is 0.970. The van der Waals surface area contributed by atoms with Gasteiger partial charge in [-0.15, -0.1) is 0 Å². The zero-order chi connectivity index (χ0) is 20.8. The molecule has 4 nitrogen and oxygen atoms in total. The van der Waals surface area contributed by atoms with E-state index in [4.69, 9.17) is 4.74 Å². The first-order chi connectivity index (χ1) is 14.7. The van der Waals surface area contributed by atoms with E-state index in [-0.39, 0.29) is 11.9 Å². The maximum atomic E-state index is 12.5. The van der Waals surface area contributed by atoms with E-state index in [9.17, 15) is 4.79 Å². The molecule has 1 heterocycles. The number of aryl methyl sites for hydroxylation is 1. The molecule has 0 radical (unpaired) electrons. The highest BCUT2D eigenvalue weighted by atomic mass is 16.5. The summed E-state index contributed by atoms with van der Waals surface area (Å²) in [7, 11) is 0. The topological polar surface area (TPSA) is 41.6 Å². The summed E-state index contributed by atoms with van der Waals surface area (Å²) in [6.45, 7) is 5.28. The predicted molar refractivity (Wildman–Crippen MR) is 121 cm³/mol. The van der Waals surface area contributed by atoms with Gasteiger partial charge in [-0.1, -0.05) is 66.7 Å². The Labute approximate surface area is 178 Å². The third kappa shape index (κ3) is 4.89. The molecular formula is C26H28N2O2. The summed E-state index contributed by atoms with van der Waals surface area (Å²) in [5.74, 6) is 0.931. The van der Waals surface area contributed by atoms with Crippen LogP contribution in [0.2, 0.25) is 0 Å². The van der Waals surface area contributed by atoms with Crippen LogP contribution in [0.15, 0.2) is 78.9 Å². The van der Waals surface area contributed by atoms with E-state index in [1.165, 1.54) is 0 Å². The third-order valence-corrected chi connectivity index (χ3v) is 5.63. The number of ether oxygens (including phenoxy) is 1. The molecule has 1 fully saturated rings. The summed E-state index contributed by atoms with van der Waals surface area (Å²) >= 11 is 0. The van der Waals surface area contributed by atoms with Crippen molar-refractivity contribution in [3.63, 3.8) is 0 Å². The highest BCUT2D eigenvalue weighted by Crippen LogP contribution is 2.29. The number of hydrogen-bond donors (Lipinski definition) is 1. The van der Waals surface area contributed by atoms with Crippen LogP contribution < -0.4 is 10.1 Å². The minimum atomic E-state index is 0.0213. The van der Waals surface area contributed by atoms with Crippen molar-refractivity contribution in [3.8, 4) is 16.9 Å². The lowest BCUT2D eigenvalue weighted by atomic mass is 10.1. The van der Waals surface area contributed by atoms with Gasteiger partial charge in [-0.25, -0.2) is 0 Å². The summed E-state index contributed by atoms with van der Waals surface area (Å²) in [4.78, 5) is 14.9. The molecule has 3 aromatic carbocycles. The van der Waals surface area contributed by atoms with Crippen LogP contribution in [0.5, 0.6) is 5.75 Å². The van der Waals surface area contributed by atoms with Gasteiger partial charge in [0.2, 0.25) is 0 Å². The van der Waals surface area contributed by atoms with Gasteiger partial charge in [0.25, 0.3) is 5.91 Å². The van der Waals surface area contributed by atoms with Crippen LogP contribution in [-0.2, 0) is 0 Å². The number of amides is 1. The molecule has 0 spiro atoms. The largest absolute Gasteiger partial charge is 0.492 e. The summed E-state index contributed by atoms with van der Waals surface area (Å²) in [5, 5.41) is 3.18. The number of carbonyl (C=O) groups is 1. The molecular weight excluding hydrogens is 372 g/mol. The standard InChI is InChI=1S/C26H28N2O2/c1-20-9-5-6-12-23(20)26(29)27-22-15-16-28(19-22)17-18-30-25-14-8-7-13-24(25)21-10-3-2-4-11-21/h2-14,22H,15-19H2,1H3,(H,27,29). The fourth-order valence-electron chi connectivity index (χ4n) is 3.98. The average molecular weight is 401 g/mol. The van der Waals surface area contributed by atoms with Crippen molar-refractivity contribution in [2.24, 2.45) is 0 Å². The van der Waals surface area contributed by atoms with Gasteiger partial charge in [0.15, 0.2) is 0 Å². The zero-order valence-electron chi connectivity index (χ0n) is 17.4.